The smallest absolute Gasteiger partial charge is 0.279 e. The van der Waals surface area contributed by atoms with Crippen molar-refractivity contribution in [2.45, 2.75) is 18.4 Å². The zero-order chi connectivity index (χ0) is 17.1. The highest BCUT2D eigenvalue weighted by atomic mass is 32.2. The number of rotatable bonds is 4. The van der Waals surface area contributed by atoms with Crippen LogP contribution in [0.1, 0.15) is 15.9 Å². The van der Waals surface area contributed by atoms with Gasteiger partial charge in [-0.2, -0.15) is 4.99 Å². The molecule has 0 unspecified atom stereocenters. The van der Waals surface area contributed by atoms with E-state index in [2.05, 4.69) is 36.7 Å². The Kier molecular flexibility index (Phi) is 5.02. The lowest BCUT2D eigenvalue weighted by atomic mass is 10.2. The molecule has 0 radical (unpaired) electrons. The molecule has 1 heterocycles. The van der Waals surface area contributed by atoms with Gasteiger partial charge in [0.2, 0.25) is 0 Å². The molecular formula is C19H18N2OS2. The largest absolute Gasteiger partial charge is 0.312 e. The molecule has 1 aromatic heterocycles. The fraction of sp³-hybridized carbons (Fsp3) is 0.158. The van der Waals surface area contributed by atoms with E-state index in [1.165, 1.54) is 16.9 Å². The Morgan fingerprint density at radius 3 is 2.92 bits per heavy atom. The van der Waals surface area contributed by atoms with Gasteiger partial charge >= 0.3 is 0 Å². The number of fused-ring (bicyclic) bond motifs is 1. The van der Waals surface area contributed by atoms with E-state index in [0.717, 1.165) is 15.1 Å². The zero-order valence-corrected chi connectivity index (χ0v) is 15.3. The molecule has 0 aliphatic carbocycles. The van der Waals surface area contributed by atoms with Crippen molar-refractivity contribution in [3.05, 3.63) is 71.0 Å². The third-order valence-corrected chi connectivity index (χ3v) is 5.43. The quantitative estimate of drug-likeness (QED) is 0.504. The standard InChI is InChI=1S/C19H18N2OS2/c1-4-10-21-16-9-8-13(2)11-17(16)24-19(21)20-18(22)14-6-5-7-15(12-14)23-3/h4-9,11-12H,1,10H2,2-3H3. The Balaban J connectivity index is 2.12. The summed E-state index contributed by atoms with van der Waals surface area (Å²) in [5.41, 5.74) is 2.88. The molecule has 0 atom stereocenters. The molecule has 3 rings (SSSR count). The monoisotopic (exact) mass is 354 g/mol. The Hall–Kier alpha value is -2.11. The minimum atomic E-state index is -0.216. The van der Waals surface area contributed by atoms with Gasteiger partial charge in [0, 0.05) is 17.0 Å². The van der Waals surface area contributed by atoms with Gasteiger partial charge in [0.1, 0.15) is 0 Å². The zero-order valence-electron chi connectivity index (χ0n) is 13.7. The van der Waals surface area contributed by atoms with Crippen molar-refractivity contribution in [3.8, 4) is 0 Å². The molecule has 0 bridgehead atoms. The lowest BCUT2D eigenvalue weighted by Crippen LogP contribution is -2.16. The lowest BCUT2D eigenvalue weighted by Gasteiger charge is -2.02. The molecule has 5 heteroatoms. The van der Waals surface area contributed by atoms with Crippen LogP contribution in [0.2, 0.25) is 0 Å². The number of benzene rings is 2. The Bertz CT molecular complexity index is 982. The van der Waals surface area contributed by atoms with Crippen LogP contribution in [0.3, 0.4) is 0 Å². The Morgan fingerprint density at radius 2 is 2.17 bits per heavy atom. The van der Waals surface area contributed by atoms with Gasteiger partial charge in [0.15, 0.2) is 4.80 Å². The molecule has 122 valence electrons. The minimum absolute atomic E-state index is 0.216. The first-order valence-electron chi connectivity index (χ1n) is 7.56. The summed E-state index contributed by atoms with van der Waals surface area (Å²) in [4.78, 5) is 18.7. The van der Waals surface area contributed by atoms with E-state index in [4.69, 9.17) is 0 Å². The number of allylic oxidation sites excluding steroid dienone is 1. The Morgan fingerprint density at radius 1 is 1.33 bits per heavy atom. The topological polar surface area (TPSA) is 34.4 Å². The molecule has 0 fully saturated rings. The number of hydrogen-bond donors (Lipinski definition) is 0. The fourth-order valence-electron chi connectivity index (χ4n) is 2.48. The van der Waals surface area contributed by atoms with Gasteiger partial charge in [-0.05, 0) is 49.1 Å². The second kappa shape index (κ2) is 7.20. The molecule has 0 aliphatic heterocycles. The van der Waals surface area contributed by atoms with E-state index in [0.29, 0.717) is 16.9 Å². The van der Waals surface area contributed by atoms with E-state index in [-0.39, 0.29) is 5.91 Å². The van der Waals surface area contributed by atoms with Crippen LogP contribution in [0.25, 0.3) is 10.2 Å². The van der Waals surface area contributed by atoms with E-state index >= 15 is 0 Å². The highest BCUT2D eigenvalue weighted by molar-refractivity contribution is 7.98. The second-order valence-corrected chi connectivity index (χ2v) is 7.29. The van der Waals surface area contributed by atoms with Gasteiger partial charge < -0.3 is 4.57 Å². The predicted molar refractivity (Wildman–Crippen MR) is 103 cm³/mol. The third kappa shape index (κ3) is 3.37. The van der Waals surface area contributed by atoms with Crippen LogP contribution >= 0.6 is 23.1 Å². The van der Waals surface area contributed by atoms with Crippen molar-refractivity contribution in [2.24, 2.45) is 4.99 Å². The predicted octanol–water partition coefficient (Wildman–Crippen LogP) is 4.66. The molecule has 0 spiro atoms. The highest BCUT2D eigenvalue weighted by Gasteiger charge is 2.09. The van der Waals surface area contributed by atoms with Crippen molar-refractivity contribution in [2.75, 3.05) is 6.26 Å². The summed E-state index contributed by atoms with van der Waals surface area (Å²) >= 11 is 3.15. The average molecular weight is 355 g/mol. The van der Waals surface area contributed by atoms with Crippen LogP contribution < -0.4 is 4.80 Å². The molecule has 3 nitrogen and oxygen atoms in total. The number of aryl methyl sites for hydroxylation is 1. The molecule has 0 aliphatic rings. The number of aromatic nitrogens is 1. The summed E-state index contributed by atoms with van der Waals surface area (Å²) in [6.45, 7) is 6.50. The first-order chi connectivity index (χ1) is 11.6. The first kappa shape index (κ1) is 16.7. The molecule has 1 amide bonds. The minimum Gasteiger partial charge on any atom is -0.312 e. The maximum Gasteiger partial charge on any atom is 0.279 e. The summed E-state index contributed by atoms with van der Waals surface area (Å²) in [5, 5.41) is 0. The summed E-state index contributed by atoms with van der Waals surface area (Å²) < 4.78 is 3.16. The summed E-state index contributed by atoms with van der Waals surface area (Å²) in [5.74, 6) is -0.216. The summed E-state index contributed by atoms with van der Waals surface area (Å²) in [6.07, 6.45) is 3.82. The van der Waals surface area contributed by atoms with E-state index in [9.17, 15) is 4.79 Å². The molecule has 0 saturated carbocycles. The van der Waals surface area contributed by atoms with Crippen molar-refractivity contribution in [3.63, 3.8) is 0 Å². The van der Waals surface area contributed by atoms with Gasteiger partial charge in [0.25, 0.3) is 5.91 Å². The van der Waals surface area contributed by atoms with Crippen LogP contribution in [0.4, 0.5) is 0 Å². The molecule has 2 aromatic carbocycles. The molecule has 24 heavy (non-hydrogen) atoms. The van der Waals surface area contributed by atoms with Crippen molar-refractivity contribution >= 4 is 39.2 Å². The maximum atomic E-state index is 12.6. The number of carbonyl (C=O) groups is 1. The normalized spacial score (nSPS) is 11.8. The fourth-order valence-corrected chi connectivity index (χ4v) is 4.07. The van der Waals surface area contributed by atoms with Crippen LogP contribution in [0, 0.1) is 6.92 Å². The van der Waals surface area contributed by atoms with E-state index in [1.54, 1.807) is 17.8 Å². The third-order valence-electron chi connectivity index (χ3n) is 3.66. The van der Waals surface area contributed by atoms with Gasteiger partial charge in [0.05, 0.1) is 10.2 Å². The summed E-state index contributed by atoms with van der Waals surface area (Å²) in [6, 6.07) is 13.8. The average Bonchev–Trinajstić information content (AvgIpc) is 2.91. The van der Waals surface area contributed by atoms with E-state index in [1.807, 2.05) is 35.1 Å². The number of hydrogen-bond acceptors (Lipinski definition) is 3. The number of amides is 1. The van der Waals surface area contributed by atoms with E-state index < -0.39 is 0 Å². The number of carbonyl (C=O) groups excluding carboxylic acids is 1. The highest BCUT2D eigenvalue weighted by Crippen LogP contribution is 2.20. The SMILES string of the molecule is C=CCn1c(=NC(=O)c2cccc(SC)c2)sc2cc(C)ccc21. The molecule has 3 aromatic rings. The van der Waals surface area contributed by atoms with Gasteiger partial charge in [-0.3, -0.25) is 4.79 Å². The molecule has 0 N–H and O–H groups in total. The molecule has 0 saturated heterocycles. The number of nitrogens with zero attached hydrogens (tertiary/aromatic N) is 2. The molecular weight excluding hydrogens is 336 g/mol. The van der Waals surface area contributed by atoms with Crippen molar-refractivity contribution in [1.29, 1.82) is 0 Å². The van der Waals surface area contributed by atoms with Crippen LogP contribution in [0.15, 0.2) is 65.0 Å². The van der Waals surface area contributed by atoms with Gasteiger partial charge in [-0.1, -0.05) is 29.5 Å². The van der Waals surface area contributed by atoms with Crippen LogP contribution in [-0.2, 0) is 6.54 Å². The van der Waals surface area contributed by atoms with Gasteiger partial charge in [-0.15, -0.1) is 18.3 Å². The van der Waals surface area contributed by atoms with Crippen LogP contribution in [-0.4, -0.2) is 16.7 Å². The number of thiazole rings is 1. The second-order valence-electron chi connectivity index (χ2n) is 5.40. The maximum absolute atomic E-state index is 12.6. The number of thioether (sulfide) groups is 1. The van der Waals surface area contributed by atoms with Gasteiger partial charge in [-0.25, -0.2) is 0 Å². The van der Waals surface area contributed by atoms with Crippen LogP contribution in [0.5, 0.6) is 0 Å². The van der Waals surface area contributed by atoms with Crippen molar-refractivity contribution < 1.29 is 4.79 Å². The van der Waals surface area contributed by atoms with Crippen molar-refractivity contribution in [1.82, 2.24) is 4.57 Å². The lowest BCUT2D eigenvalue weighted by molar-refractivity contribution is 0.0997. The summed E-state index contributed by atoms with van der Waals surface area (Å²) in [7, 11) is 0. The Labute approximate surface area is 149 Å². The first-order valence-corrected chi connectivity index (χ1v) is 9.60.